The second kappa shape index (κ2) is 3.35. The van der Waals surface area contributed by atoms with E-state index in [9.17, 15) is 0 Å². The van der Waals surface area contributed by atoms with Gasteiger partial charge in [0.05, 0.1) is 0 Å². The van der Waals surface area contributed by atoms with Crippen LogP contribution in [0, 0.1) is 13.8 Å². The summed E-state index contributed by atoms with van der Waals surface area (Å²) in [6.07, 6.45) is 6.51. The lowest BCUT2D eigenvalue weighted by molar-refractivity contribution is 0.900. The molecule has 2 aliphatic carbocycles. The quantitative estimate of drug-likeness (QED) is 0.628. The highest BCUT2D eigenvalue weighted by atomic mass is 79.9. The molecule has 0 saturated carbocycles. The van der Waals surface area contributed by atoms with Gasteiger partial charge in [0, 0.05) is 4.83 Å². The molecule has 0 heterocycles. The Morgan fingerprint density at radius 1 is 0.867 bits per heavy atom. The molecule has 0 fully saturated rings. The lowest BCUT2D eigenvalue weighted by atomic mass is 9.90. The highest BCUT2D eigenvalue weighted by Gasteiger charge is 2.28. The fourth-order valence-electron chi connectivity index (χ4n) is 3.46. The van der Waals surface area contributed by atoms with Crippen molar-refractivity contribution >= 4 is 15.9 Å². The zero-order valence-corrected chi connectivity index (χ0v) is 11.1. The largest absolute Gasteiger partial charge is 0.0883 e. The summed E-state index contributed by atoms with van der Waals surface area (Å²) in [4.78, 5) is 0.687. The van der Waals surface area contributed by atoms with Crippen molar-refractivity contribution in [1.29, 1.82) is 0 Å². The van der Waals surface area contributed by atoms with Crippen molar-refractivity contribution in [2.75, 3.05) is 0 Å². The smallest absolute Gasteiger partial charge is 0.0226 e. The van der Waals surface area contributed by atoms with Gasteiger partial charge in [0.25, 0.3) is 0 Å². The molecule has 0 amide bonds. The lowest BCUT2D eigenvalue weighted by Gasteiger charge is -2.15. The van der Waals surface area contributed by atoms with E-state index in [1.165, 1.54) is 32.1 Å². The van der Waals surface area contributed by atoms with E-state index in [0.29, 0.717) is 4.83 Å². The Labute approximate surface area is 100 Å². The SMILES string of the molecule is Cc1c2c(c(C)c3c1CC(Br)C3)CCC2. The van der Waals surface area contributed by atoms with Crippen molar-refractivity contribution in [2.24, 2.45) is 0 Å². The molecular weight excluding hydrogens is 248 g/mol. The van der Waals surface area contributed by atoms with E-state index in [2.05, 4.69) is 29.8 Å². The van der Waals surface area contributed by atoms with Crippen molar-refractivity contribution in [3.8, 4) is 0 Å². The average molecular weight is 265 g/mol. The Balaban J connectivity index is 2.27. The number of benzene rings is 1. The number of alkyl halides is 1. The first-order valence-corrected chi connectivity index (χ1v) is 6.86. The summed E-state index contributed by atoms with van der Waals surface area (Å²) in [6, 6.07) is 0. The maximum absolute atomic E-state index is 3.78. The van der Waals surface area contributed by atoms with Gasteiger partial charge in [-0.3, -0.25) is 0 Å². The zero-order valence-electron chi connectivity index (χ0n) is 9.49. The molecule has 0 bridgehead atoms. The van der Waals surface area contributed by atoms with Crippen molar-refractivity contribution in [1.82, 2.24) is 0 Å². The van der Waals surface area contributed by atoms with Gasteiger partial charge in [-0.2, -0.15) is 0 Å². The van der Waals surface area contributed by atoms with E-state index in [4.69, 9.17) is 0 Å². The number of halogens is 1. The molecule has 2 aliphatic rings. The molecule has 0 spiro atoms. The van der Waals surface area contributed by atoms with Crippen LogP contribution in [0.3, 0.4) is 0 Å². The molecular formula is C14H17Br. The predicted octanol–water partition coefficient (Wildman–Crippen LogP) is 3.65. The van der Waals surface area contributed by atoms with E-state index in [-0.39, 0.29) is 0 Å². The van der Waals surface area contributed by atoms with Gasteiger partial charge in [-0.05, 0) is 79.3 Å². The van der Waals surface area contributed by atoms with Crippen LogP contribution in [-0.2, 0) is 25.7 Å². The van der Waals surface area contributed by atoms with Crippen LogP contribution in [0.15, 0.2) is 0 Å². The number of fused-ring (bicyclic) bond motifs is 2. The van der Waals surface area contributed by atoms with Crippen molar-refractivity contribution < 1.29 is 0 Å². The van der Waals surface area contributed by atoms with Gasteiger partial charge in [-0.15, -0.1) is 0 Å². The summed E-state index contributed by atoms with van der Waals surface area (Å²) >= 11 is 3.78. The van der Waals surface area contributed by atoms with Crippen LogP contribution in [-0.4, -0.2) is 4.83 Å². The van der Waals surface area contributed by atoms with Crippen molar-refractivity contribution in [3.63, 3.8) is 0 Å². The topological polar surface area (TPSA) is 0 Å². The van der Waals surface area contributed by atoms with Gasteiger partial charge in [0.15, 0.2) is 0 Å². The van der Waals surface area contributed by atoms with Gasteiger partial charge < -0.3 is 0 Å². The molecule has 0 radical (unpaired) electrons. The molecule has 0 atom stereocenters. The first-order chi connectivity index (χ1) is 7.18. The molecule has 0 unspecified atom stereocenters. The van der Waals surface area contributed by atoms with Gasteiger partial charge in [-0.1, -0.05) is 15.9 Å². The second-order valence-electron chi connectivity index (χ2n) is 5.02. The minimum atomic E-state index is 0.687. The molecule has 0 N–H and O–H groups in total. The average Bonchev–Trinajstić information content (AvgIpc) is 2.79. The molecule has 3 rings (SSSR count). The molecule has 0 nitrogen and oxygen atoms in total. The molecule has 0 aliphatic heterocycles. The minimum Gasteiger partial charge on any atom is -0.0883 e. The fourth-order valence-corrected chi connectivity index (χ4v) is 4.10. The third kappa shape index (κ3) is 1.32. The third-order valence-electron chi connectivity index (χ3n) is 4.24. The van der Waals surface area contributed by atoms with Crippen molar-refractivity contribution in [3.05, 3.63) is 33.4 Å². The van der Waals surface area contributed by atoms with Crippen LogP contribution in [0.4, 0.5) is 0 Å². The summed E-state index contributed by atoms with van der Waals surface area (Å²) in [5, 5.41) is 0. The maximum Gasteiger partial charge on any atom is 0.0226 e. The highest BCUT2D eigenvalue weighted by Crippen LogP contribution is 2.39. The van der Waals surface area contributed by atoms with Gasteiger partial charge in [-0.25, -0.2) is 0 Å². The van der Waals surface area contributed by atoms with Crippen LogP contribution < -0.4 is 0 Å². The summed E-state index contributed by atoms with van der Waals surface area (Å²) in [7, 11) is 0. The van der Waals surface area contributed by atoms with E-state index < -0.39 is 0 Å². The van der Waals surface area contributed by atoms with Crippen LogP contribution in [0.2, 0.25) is 0 Å². The lowest BCUT2D eigenvalue weighted by Crippen LogP contribution is -2.00. The number of hydrogen-bond acceptors (Lipinski definition) is 0. The molecule has 15 heavy (non-hydrogen) atoms. The summed E-state index contributed by atoms with van der Waals surface area (Å²) in [6.45, 7) is 4.68. The Hall–Kier alpha value is -0.300. The Bertz CT molecular complexity index is 393. The van der Waals surface area contributed by atoms with Crippen molar-refractivity contribution in [2.45, 2.75) is 50.8 Å². The normalized spacial score (nSPS) is 19.4. The summed E-state index contributed by atoms with van der Waals surface area (Å²) < 4.78 is 0. The Kier molecular flexibility index (Phi) is 2.21. The second-order valence-corrected chi connectivity index (χ2v) is 6.32. The monoisotopic (exact) mass is 264 g/mol. The van der Waals surface area contributed by atoms with Gasteiger partial charge in [0.1, 0.15) is 0 Å². The Morgan fingerprint density at radius 2 is 1.33 bits per heavy atom. The minimum absolute atomic E-state index is 0.687. The third-order valence-corrected chi connectivity index (χ3v) is 4.89. The fraction of sp³-hybridized carbons (Fsp3) is 0.571. The predicted molar refractivity (Wildman–Crippen MR) is 68.1 cm³/mol. The molecule has 1 aromatic rings. The van der Waals surface area contributed by atoms with Gasteiger partial charge >= 0.3 is 0 Å². The standard InChI is InChI=1S/C14H17Br/c1-8-11-4-3-5-12(11)9(2)14-7-10(15)6-13(8)14/h10H,3-7H2,1-2H3. The number of hydrogen-bond donors (Lipinski definition) is 0. The van der Waals surface area contributed by atoms with Crippen LogP contribution in [0.25, 0.3) is 0 Å². The van der Waals surface area contributed by atoms with Crippen LogP contribution >= 0.6 is 15.9 Å². The first kappa shape index (κ1) is 9.89. The summed E-state index contributed by atoms with van der Waals surface area (Å²) in [5.74, 6) is 0. The Morgan fingerprint density at radius 3 is 1.80 bits per heavy atom. The molecule has 80 valence electrons. The molecule has 1 heteroatoms. The van der Waals surface area contributed by atoms with E-state index >= 15 is 0 Å². The van der Waals surface area contributed by atoms with Crippen LogP contribution in [0.5, 0.6) is 0 Å². The maximum atomic E-state index is 3.78. The number of rotatable bonds is 0. The van der Waals surface area contributed by atoms with E-state index in [1.807, 2.05) is 0 Å². The highest BCUT2D eigenvalue weighted by molar-refractivity contribution is 9.09. The van der Waals surface area contributed by atoms with E-state index in [0.717, 1.165) is 0 Å². The zero-order chi connectivity index (χ0) is 10.6. The summed E-state index contributed by atoms with van der Waals surface area (Å²) in [5.41, 5.74) is 9.93. The van der Waals surface area contributed by atoms with E-state index in [1.54, 1.807) is 33.4 Å². The van der Waals surface area contributed by atoms with Gasteiger partial charge in [0.2, 0.25) is 0 Å². The molecule has 0 aromatic heterocycles. The van der Waals surface area contributed by atoms with Crippen LogP contribution in [0.1, 0.15) is 39.8 Å². The molecule has 1 aromatic carbocycles. The molecule has 0 saturated heterocycles. The first-order valence-electron chi connectivity index (χ1n) is 5.95.